The van der Waals surface area contributed by atoms with Crippen LogP contribution in [0.5, 0.6) is 11.5 Å². The molecule has 1 aromatic carbocycles. The van der Waals surface area contributed by atoms with Crippen LogP contribution < -0.4 is 14.8 Å². The lowest BCUT2D eigenvalue weighted by Gasteiger charge is -2.35. The van der Waals surface area contributed by atoms with Gasteiger partial charge in [-0.25, -0.2) is 0 Å². The molecule has 0 spiro atoms. The van der Waals surface area contributed by atoms with Gasteiger partial charge < -0.3 is 19.3 Å². The number of allylic oxidation sites excluding steroid dienone is 2. The van der Waals surface area contributed by atoms with E-state index in [1.165, 1.54) is 0 Å². The molecule has 6 heteroatoms. The Balaban J connectivity index is 1.70. The molecule has 0 fully saturated rings. The molecule has 0 bridgehead atoms. The minimum absolute atomic E-state index is 0.0475. The molecule has 0 saturated carbocycles. The van der Waals surface area contributed by atoms with Gasteiger partial charge in [0.05, 0.1) is 19.9 Å². The van der Waals surface area contributed by atoms with Gasteiger partial charge in [0.2, 0.25) is 5.88 Å². The Morgan fingerprint density at radius 2 is 1.97 bits per heavy atom. The first-order chi connectivity index (χ1) is 13.9. The van der Waals surface area contributed by atoms with Crippen LogP contribution in [0.15, 0.2) is 34.0 Å². The molecule has 0 amide bonds. The van der Waals surface area contributed by atoms with Crippen molar-refractivity contribution >= 4 is 11.7 Å². The summed E-state index contributed by atoms with van der Waals surface area (Å²) in [6.45, 7) is 6.32. The highest BCUT2D eigenvalue weighted by atomic mass is 16.5. The number of ketones is 1. The second kappa shape index (κ2) is 7.58. The van der Waals surface area contributed by atoms with E-state index < -0.39 is 0 Å². The van der Waals surface area contributed by atoms with Gasteiger partial charge in [-0.1, -0.05) is 25.1 Å². The lowest BCUT2D eigenvalue weighted by Crippen LogP contribution is -2.29. The summed E-state index contributed by atoms with van der Waals surface area (Å²) in [7, 11) is 3.25. The first kappa shape index (κ1) is 19.6. The van der Waals surface area contributed by atoms with Crippen LogP contribution in [0.2, 0.25) is 0 Å². The highest BCUT2D eigenvalue weighted by Crippen LogP contribution is 2.49. The molecular formula is C23H28N2O4. The lowest BCUT2D eigenvalue weighted by atomic mass is 9.72. The maximum atomic E-state index is 13.3. The number of aromatic nitrogens is 1. The predicted molar refractivity (Wildman–Crippen MR) is 111 cm³/mol. The molecule has 2 aliphatic rings. The van der Waals surface area contributed by atoms with Crippen molar-refractivity contribution in [1.82, 2.24) is 5.16 Å². The molecule has 2 atom stereocenters. The molecule has 0 saturated heterocycles. The number of hydrogen-bond acceptors (Lipinski definition) is 6. The van der Waals surface area contributed by atoms with Gasteiger partial charge in [-0.3, -0.25) is 4.79 Å². The van der Waals surface area contributed by atoms with Crippen LogP contribution >= 0.6 is 0 Å². The van der Waals surface area contributed by atoms with Crippen LogP contribution in [0.1, 0.15) is 61.8 Å². The quantitative estimate of drug-likeness (QED) is 0.770. The molecule has 0 radical (unpaired) electrons. The molecule has 29 heavy (non-hydrogen) atoms. The van der Waals surface area contributed by atoms with Crippen LogP contribution in [-0.4, -0.2) is 25.2 Å². The zero-order chi connectivity index (χ0) is 20.7. The third-order valence-corrected chi connectivity index (χ3v) is 5.96. The highest BCUT2D eigenvalue weighted by molar-refractivity contribution is 6.00. The monoisotopic (exact) mass is 396 g/mol. The number of methoxy groups -OCH3 is 2. The highest BCUT2D eigenvalue weighted by Gasteiger charge is 2.40. The normalized spacial score (nSPS) is 21.0. The van der Waals surface area contributed by atoms with E-state index in [-0.39, 0.29) is 17.6 Å². The maximum absolute atomic E-state index is 13.3. The van der Waals surface area contributed by atoms with Crippen molar-refractivity contribution in [2.75, 3.05) is 19.5 Å². The van der Waals surface area contributed by atoms with Crippen LogP contribution in [-0.2, 0) is 4.79 Å². The standard InChI is InChI=1S/C23H28N2O4/c1-12(2)8-16-21-13(3)25-29-23(21)24-17-9-15(10-18(26)22(16)17)14-6-7-19(27-4)20(11-14)28-5/h6-7,11-12,15-16,24H,8-10H2,1-5H3/t15-,16+/m1/s1. The number of nitrogens with zero attached hydrogens (tertiary/aromatic N) is 1. The fraction of sp³-hybridized carbons (Fsp3) is 0.478. The minimum atomic E-state index is 0.0475. The summed E-state index contributed by atoms with van der Waals surface area (Å²) in [6.07, 6.45) is 2.15. The van der Waals surface area contributed by atoms with E-state index >= 15 is 0 Å². The molecule has 4 rings (SSSR count). The van der Waals surface area contributed by atoms with Gasteiger partial charge in [-0.15, -0.1) is 0 Å². The van der Waals surface area contributed by atoms with E-state index in [4.69, 9.17) is 14.0 Å². The van der Waals surface area contributed by atoms with Gasteiger partial charge in [0, 0.05) is 29.2 Å². The summed E-state index contributed by atoms with van der Waals surface area (Å²) in [6, 6.07) is 5.89. The first-order valence-electron chi connectivity index (χ1n) is 10.1. The lowest BCUT2D eigenvalue weighted by molar-refractivity contribution is -0.116. The predicted octanol–water partition coefficient (Wildman–Crippen LogP) is 4.96. The number of hydrogen-bond donors (Lipinski definition) is 1. The van der Waals surface area contributed by atoms with Gasteiger partial charge >= 0.3 is 0 Å². The Labute approximate surface area is 171 Å². The van der Waals surface area contributed by atoms with E-state index in [0.717, 1.165) is 40.9 Å². The second-order valence-corrected chi connectivity index (χ2v) is 8.35. The third-order valence-electron chi connectivity index (χ3n) is 5.96. The average Bonchev–Trinajstić information content (AvgIpc) is 3.07. The number of fused-ring (bicyclic) bond motifs is 1. The van der Waals surface area contributed by atoms with Crippen LogP contribution in [0.4, 0.5) is 5.88 Å². The molecule has 1 aromatic heterocycles. The number of nitrogens with one attached hydrogen (secondary N) is 1. The summed E-state index contributed by atoms with van der Waals surface area (Å²) in [5, 5.41) is 7.53. The summed E-state index contributed by atoms with van der Waals surface area (Å²) in [5.74, 6) is 2.85. The van der Waals surface area contributed by atoms with Crippen LogP contribution in [0.3, 0.4) is 0 Å². The second-order valence-electron chi connectivity index (χ2n) is 8.35. The molecule has 1 N–H and O–H groups in total. The topological polar surface area (TPSA) is 73.6 Å². The zero-order valence-electron chi connectivity index (χ0n) is 17.7. The Kier molecular flexibility index (Phi) is 5.11. The van der Waals surface area contributed by atoms with Crippen LogP contribution in [0.25, 0.3) is 0 Å². The molecule has 0 unspecified atom stereocenters. The number of Topliss-reactive ketones (excluding diaryl/α,β-unsaturated/α-hetero) is 1. The van der Waals surface area contributed by atoms with Gasteiger partial charge in [-0.05, 0) is 49.3 Å². The number of aryl methyl sites for hydroxylation is 1. The van der Waals surface area contributed by atoms with Gasteiger partial charge in [-0.2, -0.15) is 0 Å². The van der Waals surface area contributed by atoms with Crippen molar-refractivity contribution in [3.63, 3.8) is 0 Å². The minimum Gasteiger partial charge on any atom is -0.493 e. The summed E-state index contributed by atoms with van der Waals surface area (Å²) < 4.78 is 16.3. The van der Waals surface area contributed by atoms with Crippen molar-refractivity contribution < 1.29 is 18.8 Å². The van der Waals surface area contributed by atoms with E-state index in [1.807, 2.05) is 25.1 Å². The molecule has 1 aliphatic carbocycles. The van der Waals surface area contributed by atoms with Gasteiger partial charge in [0.1, 0.15) is 0 Å². The summed E-state index contributed by atoms with van der Waals surface area (Å²) >= 11 is 0. The molecule has 1 aliphatic heterocycles. The van der Waals surface area contributed by atoms with E-state index in [9.17, 15) is 4.79 Å². The van der Waals surface area contributed by atoms with Gasteiger partial charge in [0.15, 0.2) is 17.3 Å². The van der Waals surface area contributed by atoms with E-state index in [2.05, 4.69) is 24.3 Å². The molecule has 2 heterocycles. The van der Waals surface area contributed by atoms with Crippen molar-refractivity contribution in [1.29, 1.82) is 0 Å². The average molecular weight is 396 g/mol. The number of benzene rings is 1. The van der Waals surface area contributed by atoms with Crippen molar-refractivity contribution in [3.05, 3.63) is 46.3 Å². The number of rotatable bonds is 5. The molecular weight excluding hydrogens is 368 g/mol. The Bertz CT molecular complexity index is 973. The number of ether oxygens (including phenoxy) is 2. The fourth-order valence-electron chi connectivity index (χ4n) is 4.66. The Morgan fingerprint density at radius 1 is 1.21 bits per heavy atom. The Hall–Kier alpha value is -2.76. The number of anilines is 1. The number of carbonyl (C=O) groups excluding carboxylic acids is 1. The molecule has 154 valence electrons. The van der Waals surface area contributed by atoms with Crippen molar-refractivity contribution in [2.24, 2.45) is 5.92 Å². The largest absolute Gasteiger partial charge is 0.493 e. The third kappa shape index (κ3) is 3.41. The number of carbonyl (C=O) groups is 1. The zero-order valence-corrected chi connectivity index (χ0v) is 17.7. The van der Waals surface area contributed by atoms with E-state index in [0.29, 0.717) is 29.7 Å². The Morgan fingerprint density at radius 3 is 2.66 bits per heavy atom. The van der Waals surface area contributed by atoms with Gasteiger partial charge in [0.25, 0.3) is 0 Å². The first-order valence-corrected chi connectivity index (χ1v) is 10.1. The van der Waals surface area contributed by atoms with E-state index in [1.54, 1.807) is 14.2 Å². The smallest absolute Gasteiger partial charge is 0.232 e. The summed E-state index contributed by atoms with van der Waals surface area (Å²) in [4.78, 5) is 13.3. The SMILES string of the molecule is COc1ccc([C@H]2CC(=O)C3=C(C2)Nc2onc(C)c2[C@@H]3CC(C)C)cc1OC. The van der Waals surface area contributed by atoms with Crippen LogP contribution in [0, 0.1) is 12.8 Å². The maximum Gasteiger partial charge on any atom is 0.232 e. The van der Waals surface area contributed by atoms with Crippen molar-refractivity contribution in [2.45, 2.75) is 51.9 Å². The summed E-state index contributed by atoms with van der Waals surface area (Å²) in [5.41, 5.74) is 4.85. The molecule has 2 aromatic rings. The molecule has 6 nitrogen and oxygen atoms in total. The van der Waals surface area contributed by atoms with Crippen molar-refractivity contribution in [3.8, 4) is 11.5 Å². The fourth-order valence-corrected chi connectivity index (χ4v) is 4.66.